The molecule has 8 rings (SSSR count). The van der Waals surface area contributed by atoms with Crippen LogP contribution in [-0.4, -0.2) is 5.84 Å². The molecule has 41 heavy (non-hydrogen) atoms. The predicted octanol–water partition coefficient (Wildman–Crippen LogP) is 8.74. The molecule has 2 atom stereocenters. The van der Waals surface area contributed by atoms with Gasteiger partial charge in [-0.3, -0.25) is 5.32 Å². The Morgan fingerprint density at radius 2 is 1.29 bits per heavy atom. The number of benzene rings is 6. The van der Waals surface area contributed by atoms with Crippen LogP contribution in [0, 0.1) is 0 Å². The van der Waals surface area contributed by atoms with Gasteiger partial charge in [0.1, 0.15) is 29.3 Å². The van der Waals surface area contributed by atoms with Crippen molar-refractivity contribution in [3.63, 3.8) is 0 Å². The van der Waals surface area contributed by atoms with E-state index in [1.54, 1.807) is 0 Å². The lowest BCUT2D eigenvalue weighted by Gasteiger charge is -2.32. The Bertz CT molecular complexity index is 2060. The molecule has 4 nitrogen and oxygen atoms in total. The van der Waals surface area contributed by atoms with E-state index < -0.39 is 0 Å². The van der Waals surface area contributed by atoms with Crippen molar-refractivity contribution in [2.45, 2.75) is 12.3 Å². The Balaban J connectivity index is 1.25. The molecule has 2 N–H and O–H groups in total. The molecular formula is C37H27N3O. The van der Waals surface area contributed by atoms with Crippen molar-refractivity contribution < 1.29 is 4.42 Å². The van der Waals surface area contributed by atoms with Crippen LogP contribution in [0.25, 0.3) is 43.8 Å². The Morgan fingerprint density at radius 1 is 0.561 bits per heavy atom. The number of rotatable bonds is 4. The summed E-state index contributed by atoms with van der Waals surface area (Å²) in [5, 5.41) is 12.0. The van der Waals surface area contributed by atoms with Crippen LogP contribution in [0.1, 0.15) is 29.0 Å². The number of amidine groups is 1. The molecule has 0 spiro atoms. The molecule has 0 fully saturated rings. The van der Waals surface area contributed by atoms with Gasteiger partial charge in [0.2, 0.25) is 0 Å². The summed E-state index contributed by atoms with van der Waals surface area (Å²) in [5.74, 6) is 0.867. The summed E-state index contributed by atoms with van der Waals surface area (Å²) in [6.07, 6.45) is -0.358. The molecule has 0 aliphatic carbocycles. The summed E-state index contributed by atoms with van der Waals surface area (Å²) in [5.41, 5.74) is 7.36. The quantitative estimate of drug-likeness (QED) is 0.240. The lowest BCUT2D eigenvalue weighted by atomic mass is 9.98. The number of nitrogens with one attached hydrogen (secondary N) is 2. The van der Waals surface area contributed by atoms with Crippen LogP contribution in [0.3, 0.4) is 0 Å². The molecule has 0 amide bonds. The van der Waals surface area contributed by atoms with Crippen LogP contribution in [-0.2, 0) is 0 Å². The summed E-state index contributed by atoms with van der Waals surface area (Å²) < 4.78 is 6.46. The average Bonchev–Trinajstić information content (AvgIpc) is 3.43. The van der Waals surface area contributed by atoms with Crippen molar-refractivity contribution in [3.8, 4) is 11.1 Å². The molecule has 1 aliphatic rings. The van der Waals surface area contributed by atoms with Gasteiger partial charge in [-0.05, 0) is 51.7 Å². The van der Waals surface area contributed by atoms with Crippen LogP contribution in [0.5, 0.6) is 0 Å². The second-order valence-corrected chi connectivity index (χ2v) is 10.5. The predicted molar refractivity (Wildman–Crippen MR) is 168 cm³/mol. The Morgan fingerprint density at radius 3 is 2.15 bits per heavy atom. The first-order valence-electron chi connectivity index (χ1n) is 14.0. The first-order valence-corrected chi connectivity index (χ1v) is 14.0. The van der Waals surface area contributed by atoms with Crippen molar-refractivity contribution in [3.05, 3.63) is 156 Å². The van der Waals surface area contributed by atoms with E-state index in [0.29, 0.717) is 0 Å². The summed E-state index contributed by atoms with van der Waals surface area (Å²) in [6, 6.07) is 48.6. The summed E-state index contributed by atoms with van der Waals surface area (Å²) in [4.78, 5) is 5.18. The first kappa shape index (κ1) is 23.7. The molecule has 2 heterocycles. The zero-order chi connectivity index (χ0) is 27.2. The smallest absolute Gasteiger partial charge is 0.136 e. The fourth-order valence-electron chi connectivity index (χ4n) is 5.91. The van der Waals surface area contributed by atoms with Gasteiger partial charge in [0.15, 0.2) is 0 Å². The number of nitrogens with zero attached hydrogens (tertiary/aromatic N) is 1. The first-order chi connectivity index (χ1) is 20.3. The van der Waals surface area contributed by atoms with E-state index in [4.69, 9.17) is 9.41 Å². The number of hydrogen-bond acceptors (Lipinski definition) is 4. The van der Waals surface area contributed by atoms with Crippen LogP contribution in [0.4, 0.5) is 0 Å². The van der Waals surface area contributed by atoms with E-state index in [-0.39, 0.29) is 12.3 Å². The maximum Gasteiger partial charge on any atom is 0.136 e. The molecule has 0 saturated heterocycles. The topological polar surface area (TPSA) is 49.6 Å². The summed E-state index contributed by atoms with van der Waals surface area (Å²) in [6.45, 7) is 0. The van der Waals surface area contributed by atoms with Crippen LogP contribution >= 0.6 is 0 Å². The summed E-state index contributed by atoms with van der Waals surface area (Å²) >= 11 is 0. The lowest BCUT2D eigenvalue weighted by Crippen LogP contribution is -2.44. The fraction of sp³-hybridized carbons (Fsp3) is 0.0541. The second kappa shape index (κ2) is 9.77. The molecule has 196 valence electrons. The molecule has 0 saturated carbocycles. The number of hydrogen-bond donors (Lipinski definition) is 2. The molecule has 0 radical (unpaired) electrons. The molecule has 7 aromatic rings. The van der Waals surface area contributed by atoms with Gasteiger partial charge in [0, 0.05) is 21.9 Å². The minimum absolute atomic E-state index is 0.0955. The van der Waals surface area contributed by atoms with Gasteiger partial charge in [-0.1, -0.05) is 115 Å². The van der Waals surface area contributed by atoms with Crippen LogP contribution in [0.2, 0.25) is 0 Å². The fourth-order valence-corrected chi connectivity index (χ4v) is 5.91. The highest BCUT2D eigenvalue weighted by molar-refractivity contribution is 6.08. The normalized spacial score (nSPS) is 17.0. The number of fused-ring (bicyclic) bond motifs is 4. The molecule has 2 unspecified atom stereocenters. The Labute approximate surface area is 238 Å². The third-order valence-electron chi connectivity index (χ3n) is 7.95. The SMILES string of the molecule is c1ccc(C2=NC(c3cccc4oc5cc(-c6ccc7ccccc7c6)ccc5c34)NC(c3ccccc3)N2)cc1. The van der Waals surface area contributed by atoms with Crippen molar-refractivity contribution in [2.24, 2.45) is 4.99 Å². The molecule has 1 aliphatic heterocycles. The zero-order valence-electron chi connectivity index (χ0n) is 22.3. The molecular weight excluding hydrogens is 502 g/mol. The average molecular weight is 530 g/mol. The maximum absolute atomic E-state index is 6.46. The van der Waals surface area contributed by atoms with Crippen LogP contribution in [0.15, 0.2) is 149 Å². The molecule has 0 bridgehead atoms. The van der Waals surface area contributed by atoms with E-state index >= 15 is 0 Å². The van der Waals surface area contributed by atoms with Gasteiger partial charge >= 0.3 is 0 Å². The third-order valence-corrected chi connectivity index (χ3v) is 7.95. The number of furan rings is 1. The lowest BCUT2D eigenvalue weighted by molar-refractivity contribution is 0.410. The van der Waals surface area contributed by atoms with Gasteiger partial charge in [0.05, 0.1) is 0 Å². The van der Waals surface area contributed by atoms with Crippen molar-refractivity contribution >= 4 is 38.5 Å². The standard InChI is InChI=1S/C37H27N3O/c1-3-11-25(12-4-1)35-38-36(26-13-5-2-6-14-26)40-37(39-35)31-16-9-17-32-34(31)30-21-20-29(23-33(30)41-32)28-19-18-24-10-7-8-15-27(24)22-28/h1-23,35,37,39H,(H,38,40). The van der Waals surface area contributed by atoms with Crippen molar-refractivity contribution in [1.29, 1.82) is 0 Å². The Hall–Kier alpha value is -5.19. The van der Waals surface area contributed by atoms with Gasteiger partial charge in [-0.25, -0.2) is 4.99 Å². The van der Waals surface area contributed by atoms with Gasteiger partial charge in [-0.2, -0.15) is 0 Å². The highest BCUT2D eigenvalue weighted by atomic mass is 16.3. The molecule has 4 heteroatoms. The van der Waals surface area contributed by atoms with Crippen LogP contribution < -0.4 is 10.6 Å². The van der Waals surface area contributed by atoms with E-state index in [1.807, 2.05) is 30.3 Å². The van der Waals surface area contributed by atoms with E-state index in [9.17, 15) is 0 Å². The van der Waals surface area contributed by atoms with Gasteiger partial charge < -0.3 is 9.73 Å². The minimum Gasteiger partial charge on any atom is -0.456 e. The summed E-state index contributed by atoms with van der Waals surface area (Å²) in [7, 11) is 0. The van der Waals surface area contributed by atoms with Gasteiger partial charge in [0.25, 0.3) is 0 Å². The minimum atomic E-state index is -0.263. The van der Waals surface area contributed by atoms with E-state index in [0.717, 1.165) is 50.0 Å². The van der Waals surface area contributed by atoms with Crippen molar-refractivity contribution in [1.82, 2.24) is 10.6 Å². The largest absolute Gasteiger partial charge is 0.456 e. The monoisotopic (exact) mass is 529 g/mol. The second-order valence-electron chi connectivity index (χ2n) is 10.5. The van der Waals surface area contributed by atoms with Gasteiger partial charge in [-0.15, -0.1) is 0 Å². The third kappa shape index (κ3) is 4.26. The van der Waals surface area contributed by atoms with Crippen molar-refractivity contribution in [2.75, 3.05) is 0 Å². The highest BCUT2D eigenvalue weighted by Crippen LogP contribution is 2.38. The zero-order valence-corrected chi connectivity index (χ0v) is 22.3. The van der Waals surface area contributed by atoms with E-state index in [1.165, 1.54) is 16.3 Å². The van der Waals surface area contributed by atoms with E-state index in [2.05, 4.69) is 120 Å². The number of aliphatic imine (C=N–C) groups is 1. The molecule has 1 aromatic heterocycles. The Kier molecular flexibility index (Phi) is 5.64. The maximum atomic E-state index is 6.46. The highest BCUT2D eigenvalue weighted by Gasteiger charge is 2.27. The molecule has 6 aromatic carbocycles.